The Morgan fingerprint density at radius 1 is 1.42 bits per heavy atom. The van der Waals surface area contributed by atoms with E-state index in [2.05, 4.69) is 5.32 Å². The average molecular weight is 282 g/mol. The molecular weight excluding hydrogens is 264 g/mol. The van der Waals surface area contributed by atoms with Crippen molar-refractivity contribution >= 4 is 28.2 Å². The van der Waals surface area contributed by atoms with Crippen LogP contribution in [0.2, 0.25) is 0 Å². The van der Waals surface area contributed by atoms with Gasteiger partial charge >= 0.3 is 5.97 Å². The zero-order chi connectivity index (χ0) is 14.2. The first-order chi connectivity index (χ1) is 8.89. The van der Waals surface area contributed by atoms with Gasteiger partial charge in [-0.1, -0.05) is 0 Å². The minimum Gasteiger partial charge on any atom is -0.462 e. The number of esters is 1. The van der Waals surface area contributed by atoms with Gasteiger partial charge in [0.15, 0.2) is 0 Å². The van der Waals surface area contributed by atoms with Crippen LogP contribution in [-0.4, -0.2) is 24.0 Å². The first-order valence-electron chi connectivity index (χ1n) is 6.26. The molecule has 2 rings (SSSR count). The Labute approximate surface area is 116 Å². The van der Waals surface area contributed by atoms with E-state index in [-0.39, 0.29) is 5.91 Å². The van der Waals surface area contributed by atoms with Gasteiger partial charge in [0.1, 0.15) is 5.00 Å². The van der Waals surface area contributed by atoms with Crippen LogP contribution in [0.3, 0.4) is 0 Å². The molecule has 0 spiro atoms. The van der Waals surface area contributed by atoms with E-state index in [0.29, 0.717) is 30.0 Å². The summed E-state index contributed by atoms with van der Waals surface area (Å²) in [5.41, 5.74) is 6.39. The highest BCUT2D eigenvalue weighted by atomic mass is 32.1. The Balaban J connectivity index is 2.27. The second-order valence-electron chi connectivity index (χ2n) is 4.82. The maximum absolute atomic E-state index is 12.0. The Hall–Kier alpha value is -1.40. The predicted octanol–water partition coefficient (Wildman–Crippen LogP) is 1.97. The third-order valence-corrected chi connectivity index (χ3v) is 4.46. The molecule has 0 atom stereocenters. The zero-order valence-corrected chi connectivity index (χ0v) is 12.1. The summed E-state index contributed by atoms with van der Waals surface area (Å²) in [5.74, 6) is -0.624. The Morgan fingerprint density at radius 3 is 2.58 bits per heavy atom. The summed E-state index contributed by atoms with van der Waals surface area (Å²) in [7, 11) is 0. The van der Waals surface area contributed by atoms with Gasteiger partial charge in [0.25, 0.3) is 0 Å². The summed E-state index contributed by atoms with van der Waals surface area (Å²) in [6.45, 7) is 5.82. The molecule has 1 aliphatic rings. The van der Waals surface area contributed by atoms with Crippen LogP contribution in [0.1, 0.15) is 40.6 Å². The Kier molecular flexibility index (Phi) is 3.64. The Bertz CT molecular complexity index is 532. The number of amides is 1. The number of carbonyl (C=O) groups is 2. The van der Waals surface area contributed by atoms with E-state index in [1.807, 2.05) is 13.8 Å². The van der Waals surface area contributed by atoms with E-state index >= 15 is 0 Å². The largest absolute Gasteiger partial charge is 0.462 e. The minimum atomic E-state index is -0.752. The molecule has 19 heavy (non-hydrogen) atoms. The fourth-order valence-electron chi connectivity index (χ4n) is 1.75. The van der Waals surface area contributed by atoms with E-state index in [1.165, 1.54) is 11.3 Å². The summed E-state index contributed by atoms with van der Waals surface area (Å²) in [5, 5.41) is 3.30. The van der Waals surface area contributed by atoms with Gasteiger partial charge in [0, 0.05) is 4.88 Å². The molecule has 1 heterocycles. The second-order valence-corrected chi connectivity index (χ2v) is 6.04. The monoisotopic (exact) mass is 282 g/mol. The number of thiophene rings is 1. The quantitative estimate of drug-likeness (QED) is 0.827. The number of hydrogen-bond acceptors (Lipinski definition) is 5. The minimum absolute atomic E-state index is 0.223. The van der Waals surface area contributed by atoms with Gasteiger partial charge in [-0.25, -0.2) is 4.79 Å². The maximum Gasteiger partial charge on any atom is 0.341 e. The van der Waals surface area contributed by atoms with Gasteiger partial charge in [-0.15, -0.1) is 11.3 Å². The smallest absolute Gasteiger partial charge is 0.341 e. The van der Waals surface area contributed by atoms with E-state index in [0.717, 1.165) is 10.4 Å². The highest BCUT2D eigenvalue weighted by Gasteiger charge is 2.46. The topological polar surface area (TPSA) is 81.4 Å². The number of rotatable bonds is 4. The third kappa shape index (κ3) is 2.64. The second kappa shape index (κ2) is 4.94. The fraction of sp³-hybridized carbons (Fsp3) is 0.538. The summed E-state index contributed by atoms with van der Waals surface area (Å²) in [6.07, 6.45) is 1.38. The standard InChI is InChI=1S/C13H18N2O3S/c1-4-18-11(16)9-7(2)8(3)19-10(9)15-12(17)13(14)5-6-13/h4-6,14H2,1-3H3,(H,15,17). The van der Waals surface area contributed by atoms with E-state index < -0.39 is 11.5 Å². The summed E-state index contributed by atoms with van der Waals surface area (Å²) >= 11 is 1.38. The molecule has 1 aromatic rings. The molecule has 104 valence electrons. The lowest BCUT2D eigenvalue weighted by Gasteiger charge is -2.10. The van der Waals surface area contributed by atoms with Crippen LogP contribution in [0.5, 0.6) is 0 Å². The van der Waals surface area contributed by atoms with Gasteiger partial charge in [-0.3, -0.25) is 4.79 Å². The van der Waals surface area contributed by atoms with Crippen LogP contribution in [0.15, 0.2) is 0 Å². The molecule has 5 nitrogen and oxygen atoms in total. The van der Waals surface area contributed by atoms with Crippen LogP contribution in [0, 0.1) is 13.8 Å². The zero-order valence-electron chi connectivity index (χ0n) is 11.3. The van der Waals surface area contributed by atoms with Crippen LogP contribution < -0.4 is 11.1 Å². The van der Waals surface area contributed by atoms with Crippen molar-refractivity contribution < 1.29 is 14.3 Å². The van der Waals surface area contributed by atoms with Crippen molar-refractivity contribution in [3.63, 3.8) is 0 Å². The number of aryl methyl sites for hydroxylation is 1. The molecule has 0 aliphatic heterocycles. The number of anilines is 1. The maximum atomic E-state index is 12.0. The molecule has 0 unspecified atom stereocenters. The average Bonchev–Trinajstić information content (AvgIpc) is 3.02. The molecule has 6 heteroatoms. The van der Waals surface area contributed by atoms with Crippen molar-refractivity contribution in [3.8, 4) is 0 Å². The molecule has 1 fully saturated rings. The van der Waals surface area contributed by atoms with Crippen LogP contribution in [0.25, 0.3) is 0 Å². The molecule has 0 bridgehead atoms. The van der Waals surface area contributed by atoms with Crippen molar-refractivity contribution in [2.24, 2.45) is 5.73 Å². The van der Waals surface area contributed by atoms with Crippen molar-refractivity contribution in [1.82, 2.24) is 0 Å². The molecule has 0 radical (unpaired) electrons. The molecule has 0 saturated heterocycles. The van der Waals surface area contributed by atoms with Gasteiger partial charge in [0.05, 0.1) is 17.7 Å². The molecule has 1 amide bonds. The highest BCUT2D eigenvalue weighted by Crippen LogP contribution is 2.37. The number of hydrogen-bond donors (Lipinski definition) is 2. The number of carbonyl (C=O) groups excluding carboxylic acids is 2. The SMILES string of the molecule is CCOC(=O)c1c(NC(=O)C2(N)CC2)sc(C)c1C. The Morgan fingerprint density at radius 2 is 2.05 bits per heavy atom. The predicted molar refractivity (Wildman–Crippen MR) is 74.5 cm³/mol. The molecule has 3 N–H and O–H groups in total. The third-order valence-electron chi connectivity index (χ3n) is 3.33. The van der Waals surface area contributed by atoms with Gasteiger partial charge in [0.2, 0.25) is 5.91 Å². The molecule has 1 aliphatic carbocycles. The fourth-order valence-corrected chi connectivity index (χ4v) is 2.80. The normalized spacial score (nSPS) is 16.0. The van der Waals surface area contributed by atoms with E-state index in [1.54, 1.807) is 6.92 Å². The van der Waals surface area contributed by atoms with Crippen LogP contribution in [0.4, 0.5) is 5.00 Å². The molecule has 0 aromatic carbocycles. The van der Waals surface area contributed by atoms with Gasteiger partial charge in [-0.2, -0.15) is 0 Å². The van der Waals surface area contributed by atoms with Crippen molar-refractivity contribution in [2.45, 2.75) is 39.2 Å². The van der Waals surface area contributed by atoms with Gasteiger partial charge in [-0.05, 0) is 39.2 Å². The van der Waals surface area contributed by atoms with Gasteiger partial charge < -0.3 is 15.8 Å². The lowest BCUT2D eigenvalue weighted by Crippen LogP contribution is -2.37. The summed E-state index contributed by atoms with van der Waals surface area (Å²) in [4.78, 5) is 24.9. The lowest BCUT2D eigenvalue weighted by atomic mass is 10.1. The summed E-state index contributed by atoms with van der Waals surface area (Å²) < 4.78 is 5.03. The number of nitrogens with one attached hydrogen (secondary N) is 1. The molecule has 1 saturated carbocycles. The van der Waals surface area contributed by atoms with Crippen LogP contribution >= 0.6 is 11.3 Å². The number of nitrogens with two attached hydrogens (primary N) is 1. The molecule has 1 aromatic heterocycles. The molecular formula is C13H18N2O3S. The summed E-state index contributed by atoms with van der Waals surface area (Å²) in [6, 6.07) is 0. The lowest BCUT2D eigenvalue weighted by molar-refractivity contribution is -0.118. The van der Waals surface area contributed by atoms with E-state index in [4.69, 9.17) is 10.5 Å². The first kappa shape index (κ1) is 14.0. The van der Waals surface area contributed by atoms with Crippen molar-refractivity contribution in [2.75, 3.05) is 11.9 Å². The van der Waals surface area contributed by atoms with Crippen molar-refractivity contribution in [3.05, 3.63) is 16.0 Å². The first-order valence-corrected chi connectivity index (χ1v) is 7.08. The van der Waals surface area contributed by atoms with Crippen LogP contribution in [-0.2, 0) is 9.53 Å². The van der Waals surface area contributed by atoms with Crippen molar-refractivity contribution in [1.29, 1.82) is 0 Å². The van der Waals surface area contributed by atoms with E-state index in [9.17, 15) is 9.59 Å². The number of ether oxygens (including phenoxy) is 1. The highest BCUT2D eigenvalue weighted by molar-refractivity contribution is 7.16.